The van der Waals surface area contributed by atoms with Crippen LogP contribution in [0.25, 0.3) is 0 Å². The number of rotatable bonds is 7. The van der Waals surface area contributed by atoms with Gasteiger partial charge >= 0.3 is 5.97 Å². The van der Waals surface area contributed by atoms with Gasteiger partial charge in [-0.3, -0.25) is 9.59 Å². The van der Waals surface area contributed by atoms with Gasteiger partial charge in [0.2, 0.25) is 0 Å². The zero-order valence-electron chi connectivity index (χ0n) is 9.61. The molecular weight excluding hydrogens is 208 g/mol. The van der Waals surface area contributed by atoms with Crippen LogP contribution in [-0.4, -0.2) is 30.1 Å². The summed E-state index contributed by atoms with van der Waals surface area (Å²) in [6, 6.07) is 0. The van der Waals surface area contributed by atoms with Crippen LogP contribution in [0.15, 0.2) is 0 Å². The lowest BCUT2D eigenvalue weighted by Crippen LogP contribution is -2.15. The first kappa shape index (κ1) is 13.2. The molecule has 0 saturated heterocycles. The molecule has 1 aliphatic rings. The Labute approximate surface area is 96.0 Å². The molecule has 1 rings (SSSR count). The Kier molecular flexibility index (Phi) is 6.08. The molecule has 0 aromatic carbocycles. The number of ether oxygens (including phenoxy) is 1. The molecule has 16 heavy (non-hydrogen) atoms. The normalized spacial score (nSPS) is 17.2. The molecule has 4 heteroatoms. The van der Waals surface area contributed by atoms with Crippen molar-refractivity contribution in [2.45, 2.75) is 44.9 Å². The first-order valence-corrected chi connectivity index (χ1v) is 5.99. The fourth-order valence-corrected chi connectivity index (χ4v) is 2.13. The minimum absolute atomic E-state index is 0.0565. The van der Waals surface area contributed by atoms with Gasteiger partial charge in [-0.1, -0.05) is 32.1 Å². The molecule has 0 spiro atoms. The lowest BCUT2D eigenvalue weighted by Gasteiger charge is -2.21. The van der Waals surface area contributed by atoms with E-state index < -0.39 is 12.4 Å². The van der Waals surface area contributed by atoms with Crippen LogP contribution in [0.2, 0.25) is 0 Å². The minimum Gasteiger partial charge on any atom is -0.481 e. The number of Topliss-reactive ketones (excluding diaryl/α,β-unsaturated/α-hetero) is 1. The molecular formula is C12H20O4. The van der Waals surface area contributed by atoms with Gasteiger partial charge < -0.3 is 9.84 Å². The zero-order chi connectivity index (χ0) is 11.8. The van der Waals surface area contributed by atoms with E-state index in [0.717, 1.165) is 12.3 Å². The SMILES string of the molecule is O=C(O)CC(=O)COCCC1CCCCC1. The van der Waals surface area contributed by atoms with E-state index in [9.17, 15) is 9.59 Å². The van der Waals surface area contributed by atoms with E-state index in [0.29, 0.717) is 6.61 Å². The van der Waals surface area contributed by atoms with Gasteiger partial charge in [-0.2, -0.15) is 0 Å². The van der Waals surface area contributed by atoms with Gasteiger partial charge in [0.05, 0.1) is 0 Å². The van der Waals surface area contributed by atoms with Gasteiger partial charge in [0.15, 0.2) is 5.78 Å². The van der Waals surface area contributed by atoms with Crippen LogP contribution >= 0.6 is 0 Å². The number of carbonyl (C=O) groups excluding carboxylic acids is 1. The molecule has 0 aromatic heterocycles. The van der Waals surface area contributed by atoms with E-state index in [2.05, 4.69) is 0 Å². The van der Waals surface area contributed by atoms with Gasteiger partial charge in [0.25, 0.3) is 0 Å². The van der Waals surface area contributed by atoms with E-state index in [1.165, 1.54) is 32.1 Å². The van der Waals surface area contributed by atoms with Crippen molar-refractivity contribution in [2.24, 2.45) is 5.92 Å². The highest BCUT2D eigenvalue weighted by molar-refractivity contribution is 5.95. The number of carbonyl (C=O) groups is 2. The van der Waals surface area contributed by atoms with Crippen LogP contribution in [0.1, 0.15) is 44.9 Å². The van der Waals surface area contributed by atoms with Gasteiger partial charge in [-0.25, -0.2) is 0 Å². The van der Waals surface area contributed by atoms with Gasteiger partial charge in [-0.15, -0.1) is 0 Å². The molecule has 4 nitrogen and oxygen atoms in total. The van der Waals surface area contributed by atoms with Crippen molar-refractivity contribution in [1.29, 1.82) is 0 Å². The topological polar surface area (TPSA) is 63.6 Å². The lowest BCUT2D eigenvalue weighted by atomic mass is 9.87. The molecule has 0 bridgehead atoms. The number of hydrogen-bond donors (Lipinski definition) is 1. The smallest absolute Gasteiger partial charge is 0.310 e. The van der Waals surface area contributed by atoms with Crippen molar-refractivity contribution in [2.75, 3.05) is 13.2 Å². The Balaban J connectivity index is 1.98. The summed E-state index contributed by atoms with van der Waals surface area (Å²) in [4.78, 5) is 21.2. The summed E-state index contributed by atoms with van der Waals surface area (Å²) in [5.74, 6) is -0.694. The van der Waals surface area contributed by atoms with Crippen LogP contribution in [0.3, 0.4) is 0 Å². The van der Waals surface area contributed by atoms with Gasteiger partial charge in [-0.05, 0) is 12.3 Å². The van der Waals surface area contributed by atoms with Crippen LogP contribution < -0.4 is 0 Å². The molecule has 0 radical (unpaired) electrons. The maximum Gasteiger partial charge on any atom is 0.310 e. The van der Waals surface area contributed by atoms with Crippen LogP contribution in [0, 0.1) is 5.92 Å². The average molecular weight is 228 g/mol. The fraction of sp³-hybridized carbons (Fsp3) is 0.833. The standard InChI is InChI=1S/C12H20O4/c13-11(8-12(14)15)9-16-7-6-10-4-2-1-3-5-10/h10H,1-9H2,(H,14,15). The number of ketones is 1. The molecule has 0 heterocycles. The van der Waals surface area contributed by atoms with Crippen molar-refractivity contribution in [3.8, 4) is 0 Å². The van der Waals surface area contributed by atoms with Crippen molar-refractivity contribution >= 4 is 11.8 Å². The van der Waals surface area contributed by atoms with Crippen molar-refractivity contribution in [1.82, 2.24) is 0 Å². The predicted molar refractivity (Wildman–Crippen MR) is 59.3 cm³/mol. The van der Waals surface area contributed by atoms with Crippen LogP contribution in [0.4, 0.5) is 0 Å². The van der Waals surface area contributed by atoms with E-state index >= 15 is 0 Å². The number of aliphatic carboxylic acids is 1. The highest BCUT2D eigenvalue weighted by Gasteiger charge is 2.13. The number of carboxylic acids is 1. The van der Waals surface area contributed by atoms with E-state index in [4.69, 9.17) is 9.84 Å². The predicted octanol–water partition coefficient (Wildman–Crippen LogP) is 2.02. The van der Waals surface area contributed by atoms with Crippen molar-refractivity contribution < 1.29 is 19.4 Å². The lowest BCUT2D eigenvalue weighted by molar-refractivity contribution is -0.141. The van der Waals surface area contributed by atoms with Crippen molar-refractivity contribution in [3.05, 3.63) is 0 Å². The Morgan fingerprint density at radius 2 is 1.88 bits per heavy atom. The molecule has 0 aromatic rings. The molecule has 1 saturated carbocycles. The maximum atomic E-state index is 11.0. The van der Waals surface area contributed by atoms with Gasteiger partial charge in [0, 0.05) is 6.61 Å². The summed E-state index contributed by atoms with van der Waals surface area (Å²) in [5, 5.41) is 8.37. The molecule has 0 amide bonds. The monoisotopic (exact) mass is 228 g/mol. The zero-order valence-corrected chi connectivity index (χ0v) is 9.61. The summed E-state index contributed by atoms with van der Waals surface area (Å²) in [6.07, 6.45) is 7.07. The molecule has 0 aliphatic heterocycles. The largest absolute Gasteiger partial charge is 0.481 e. The Morgan fingerprint density at radius 1 is 1.19 bits per heavy atom. The third-order valence-electron chi connectivity index (χ3n) is 3.01. The second kappa shape index (κ2) is 7.39. The first-order chi connectivity index (χ1) is 7.68. The quantitative estimate of drug-likeness (QED) is 0.535. The molecule has 0 unspecified atom stereocenters. The maximum absolute atomic E-state index is 11.0. The molecule has 1 N–H and O–H groups in total. The summed E-state index contributed by atoms with van der Waals surface area (Å²) in [5.41, 5.74) is 0. The molecule has 1 fully saturated rings. The summed E-state index contributed by atoms with van der Waals surface area (Å²) >= 11 is 0. The second-order valence-electron chi connectivity index (χ2n) is 4.45. The summed E-state index contributed by atoms with van der Waals surface area (Å²) < 4.78 is 5.19. The molecule has 92 valence electrons. The Hall–Kier alpha value is -0.900. The third kappa shape index (κ3) is 5.85. The van der Waals surface area contributed by atoms with Crippen LogP contribution in [0.5, 0.6) is 0 Å². The molecule has 0 atom stereocenters. The summed E-state index contributed by atoms with van der Waals surface area (Å²) in [6.45, 7) is 0.523. The van der Waals surface area contributed by atoms with E-state index in [1.807, 2.05) is 0 Å². The van der Waals surface area contributed by atoms with E-state index in [-0.39, 0.29) is 12.4 Å². The van der Waals surface area contributed by atoms with Gasteiger partial charge in [0.1, 0.15) is 13.0 Å². The average Bonchev–Trinajstić information content (AvgIpc) is 2.25. The molecule has 1 aliphatic carbocycles. The highest BCUT2D eigenvalue weighted by Crippen LogP contribution is 2.25. The summed E-state index contributed by atoms with van der Waals surface area (Å²) in [7, 11) is 0. The second-order valence-corrected chi connectivity index (χ2v) is 4.45. The van der Waals surface area contributed by atoms with E-state index in [1.54, 1.807) is 0 Å². The van der Waals surface area contributed by atoms with Crippen LogP contribution in [-0.2, 0) is 14.3 Å². The Morgan fingerprint density at radius 3 is 2.50 bits per heavy atom. The first-order valence-electron chi connectivity index (χ1n) is 5.99. The fourth-order valence-electron chi connectivity index (χ4n) is 2.13. The number of carboxylic acid groups (broad SMARTS) is 1. The van der Waals surface area contributed by atoms with Crippen molar-refractivity contribution in [3.63, 3.8) is 0 Å². The Bertz CT molecular complexity index is 231. The number of hydrogen-bond acceptors (Lipinski definition) is 3. The minimum atomic E-state index is -1.08. The third-order valence-corrected chi connectivity index (χ3v) is 3.01. The highest BCUT2D eigenvalue weighted by atomic mass is 16.5.